The van der Waals surface area contributed by atoms with Crippen LogP contribution in [0.2, 0.25) is 0 Å². The van der Waals surface area contributed by atoms with E-state index in [-0.39, 0.29) is 23.8 Å². The molecule has 41 heavy (non-hydrogen) atoms. The maximum atomic E-state index is 13.3. The van der Waals surface area contributed by atoms with Crippen molar-refractivity contribution in [1.29, 1.82) is 0 Å². The molecule has 1 N–H and O–H groups in total. The Hall–Kier alpha value is -4.69. The molecule has 8 nitrogen and oxygen atoms in total. The number of rotatable bonds is 8. The van der Waals surface area contributed by atoms with Crippen LogP contribution in [-0.2, 0) is 6.54 Å². The third-order valence-corrected chi connectivity index (χ3v) is 7.09. The summed E-state index contributed by atoms with van der Waals surface area (Å²) in [5.41, 5.74) is 2.50. The predicted molar refractivity (Wildman–Crippen MR) is 158 cm³/mol. The second-order valence-electron chi connectivity index (χ2n) is 10.4. The number of nitrogens with zero attached hydrogens (tertiary/aromatic N) is 3. The van der Waals surface area contributed by atoms with Crippen molar-refractivity contribution in [2.24, 2.45) is 5.92 Å². The second-order valence-corrected chi connectivity index (χ2v) is 10.4. The van der Waals surface area contributed by atoms with Gasteiger partial charge in [0.25, 0.3) is 11.8 Å². The topological polar surface area (TPSA) is 84.0 Å². The maximum Gasteiger partial charge on any atom is 0.257 e. The summed E-state index contributed by atoms with van der Waals surface area (Å²) in [4.78, 5) is 34.1. The summed E-state index contributed by atoms with van der Waals surface area (Å²) in [6, 6.07) is 26.3. The third-order valence-electron chi connectivity index (χ3n) is 7.09. The molecular formula is C33H34N4O4. The molecule has 0 aliphatic carbocycles. The Morgan fingerprint density at radius 1 is 1.00 bits per heavy atom. The van der Waals surface area contributed by atoms with Gasteiger partial charge in [-0.2, -0.15) is 0 Å². The Morgan fingerprint density at radius 2 is 1.71 bits per heavy atom. The van der Waals surface area contributed by atoms with E-state index >= 15 is 0 Å². The molecule has 1 aromatic heterocycles. The van der Waals surface area contributed by atoms with Crippen molar-refractivity contribution >= 4 is 17.5 Å². The SMILES string of the molecule is C[C@@H]1CN(C)C(=O)c2cccc(NC(=O)c3ccncc3)c2O[C@H]1CN(C)Cc1ccc(Oc2ccccc2)cc1. The molecule has 1 aliphatic rings. The first-order chi connectivity index (χ1) is 19.9. The molecule has 2 atom stereocenters. The molecule has 2 amide bonds. The quantitative estimate of drug-likeness (QED) is 0.302. The summed E-state index contributed by atoms with van der Waals surface area (Å²) in [7, 11) is 3.85. The molecule has 4 aromatic rings. The van der Waals surface area contributed by atoms with Gasteiger partial charge < -0.3 is 19.7 Å². The zero-order chi connectivity index (χ0) is 28.8. The van der Waals surface area contributed by atoms with Crippen molar-refractivity contribution in [1.82, 2.24) is 14.8 Å². The molecule has 0 bridgehead atoms. The lowest BCUT2D eigenvalue weighted by molar-refractivity contribution is 0.0547. The van der Waals surface area contributed by atoms with Crippen molar-refractivity contribution in [2.75, 3.05) is 32.5 Å². The lowest BCUT2D eigenvalue weighted by Crippen LogP contribution is -2.45. The highest BCUT2D eigenvalue weighted by Crippen LogP contribution is 2.34. The van der Waals surface area contributed by atoms with Crippen molar-refractivity contribution in [3.8, 4) is 17.2 Å². The fraction of sp³-hybridized carbons (Fsp3) is 0.242. The van der Waals surface area contributed by atoms with E-state index in [1.54, 1.807) is 54.7 Å². The first-order valence-electron chi connectivity index (χ1n) is 13.6. The Labute approximate surface area is 240 Å². The molecule has 0 saturated heterocycles. The summed E-state index contributed by atoms with van der Waals surface area (Å²) in [5.74, 6) is 1.58. The number of amides is 2. The van der Waals surface area contributed by atoms with Gasteiger partial charge in [-0.05, 0) is 61.1 Å². The highest BCUT2D eigenvalue weighted by atomic mass is 16.5. The van der Waals surface area contributed by atoms with Crippen molar-refractivity contribution < 1.29 is 19.1 Å². The van der Waals surface area contributed by atoms with Crippen LogP contribution in [-0.4, -0.2) is 59.9 Å². The van der Waals surface area contributed by atoms with Crippen molar-refractivity contribution in [3.63, 3.8) is 0 Å². The van der Waals surface area contributed by atoms with Crippen LogP contribution in [0.25, 0.3) is 0 Å². The first-order valence-corrected chi connectivity index (χ1v) is 13.6. The van der Waals surface area contributed by atoms with Crippen LogP contribution in [0.5, 0.6) is 17.2 Å². The number of pyridine rings is 1. The number of hydrogen-bond acceptors (Lipinski definition) is 6. The van der Waals surface area contributed by atoms with Crippen molar-refractivity contribution in [2.45, 2.75) is 19.6 Å². The van der Waals surface area contributed by atoms with E-state index in [0.717, 1.165) is 17.1 Å². The summed E-state index contributed by atoms with van der Waals surface area (Å²) in [6.07, 6.45) is 2.91. The molecule has 210 valence electrons. The molecule has 0 spiro atoms. The van der Waals surface area contributed by atoms with Gasteiger partial charge in [-0.15, -0.1) is 0 Å². The highest BCUT2D eigenvalue weighted by Gasteiger charge is 2.31. The van der Waals surface area contributed by atoms with Gasteiger partial charge in [0.05, 0.1) is 11.3 Å². The Kier molecular flexibility index (Phi) is 8.60. The molecule has 0 unspecified atom stereocenters. The number of anilines is 1. The summed E-state index contributed by atoms with van der Waals surface area (Å²) in [5, 5.41) is 2.93. The third kappa shape index (κ3) is 6.91. The van der Waals surface area contributed by atoms with E-state index in [9.17, 15) is 9.59 Å². The standard InChI is InChI=1S/C33H34N4O4/c1-23-20-37(3)33(39)28-10-7-11-29(35-32(38)25-16-18-34-19-17-25)31(28)41-30(23)22-36(2)21-24-12-14-27(15-13-24)40-26-8-5-4-6-9-26/h4-19,23,30H,20-22H2,1-3H3,(H,35,38)/t23-,30+/m1/s1. The normalized spacial score (nSPS) is 16.8. The number of likely N-dealkylation sites (N-methyl/N-ethyl adjacent to an activating group) is 1. The van der Waals surface area contributed by atoms with Gasteiger partial charge in [-0.3, -0.25) is 19.5 Å². The number of nitrogens with one attached hydrogen (secondary N) is 1. The van der Waals surface area contributed by atoms with Crippen molar-refractivity contribution in [3.05, 3.63) is 114 Å². The molecule has 1 aliphatic heterocycles. The Morgan fingerprint density at radius 3 is 2.44 bits per heavy atom. The van der Waals surface area contributed by atoms with Gasteiger partial charge >= 0.3 is 0 Å². The summed E-state index contributed by atoms with van der Waals surface area (Å²) >= 11 is 0. The van der Waals surface area contributed by atoms with Crippen LogP contribution in [0, 0.1) is 5.92 Å². The zero-order valence-electron chi connectivity index (χ0n) is 23.5. The molecule has 5 rings (SSSR count). The van der Waals surface area contributed by atoms with Gasteiger partial charge in [-0.25, -0.2) is 0 Å². The van der Waals surface area contributed by atoms with Gasteiger partial charge in [-0.1, -0.05) is 43.3 Å². The van der Waals surface area contributed by atoms with Gasteiger partial charge in [0.2, 0.25) is 0 Å². The first kappa shape index (κ1) is 27.9. The molecule has 0 saturated carbocycles. The number of ether oxygens (including phenoxy) is 2. The van der Waals surface area contributed by atoms with E-state index in [4.69, 9.17) is 9.47 Å². The molecule has 0 fully saturated rings. The molecule has 0 radical (unpaired) electrons. The zero-order valence-corrected chi connectivity index (χ0v) is 23.5. The van der Waals surface area contributed by atoms with Crippen LogP contribution in [0.15, 0.2) is 97.3 Å². The van der Waals surface area contributed by atoms with E-state index in [1.807, 2.05) is 42.5 Å². The maximum absolute atomic E-state index is 13.3. The molecule has 8 heteroatoms. The summed E-state index contributed by atoms with van der Waals surface area (Å²) in [6.45, 7) is 3.97. The fourth-order valence-corrected chi connectivity index (χ4v) is 4.92. The van der Waals surface area contributed by atoms with Crippen LogP contribution in [0.3, 0.4) is 0 Å². The average molecular weight is 551 g/mol. The monoisotopic (exact) mass is 550 g/mol. The van der Waals surface area contributed by atoms with Gasteiger partial charge in [0, 0.05) is 50.6 Å². The number of hydrogen-bond donors (Lipinski definition) is 1. The number of benzene rings is 3. The number of fused-ring (bicyclic) bond motifs is 1. The molecular weight excluding hydrogens is 516 g/mol. The van der Waals surface area contributed by atoms with Crippen LogP contribution in [0.4, 0.5) is 5.69 Å². The second kappa shape index (κ2) is 12.7. The average Bonchev–Trinajstić information content (AvgIpc) is 2.98. The number of aromatic nitrogens is 1. The smallest absolute Gasteiger partial charge is 0.257 e. The number of para-hydroxylation sites is 2. The lowest BCUT2D eigenvalue weighted by Gasteiger charge is -2.35. The number of carbonyl (C=O) groups is 2. The van der Waals surface area contributed by atoms with E-state index in [2.05, 4.69) is 41.3 Å². The minimum Gasteiger partial charge on any atom is -0.486 e. The van der Waals surface area contributed by atoms with Gasteiger partial charge in [0.1, 0.15) is 17.6 Å². The molecule has 3 aromatic carbocycles. The van der Waals surface area contributed by atoms with E-state index < -0.39 is 0 Å². The van der Waals surface area contributed by atoms with Crippen LogP contribution in [0.1, 0.15) is 33.2 Å². The minimum absolute atomic E-state index is 0.0464. The lowest BCUT2D eigenvalue weighted by atomic mass is 10.00. The highest BCUT2D eigenvalue weighted by molar-refractivity contribution is 6.07. The predicted octanol–water partition coefficient (Wildman–Crippen LogP) is 5.73. The summed E-state index contributed by atoms with van der Waals surface area (Å²) < 4.78 is 12.5. The largest absolute Gasteiger partial charge is 0.486 e. The van der Waals surface area contributed by atoms with E-state index in [1.165, 1.54) is 0 Å². The Bertz CT molecular complexity index is 1480. The van der Waals surface area contributed by atoms with Gasteiger partial charge in [0.15, 0.2) is 5.75 Å². The number of carbonyl (C=O) groups excluding carboxylic acids is 2. The molecule has 2 heterocycles. The van der Waals surface area contributed by atoms with Crippen LogP contribution >= 0.6 is 0 Å². The van der Waals surface area contributed by atoms with Crippen LogP contribution < -0.4 is 14.8 Å². The Balaban J connectivity index is 1.31. The fourth-order valence-electron chi connectivity index (χ4n) is 4.92. The minimum atomic E-state index is -0.298. The van der Waals surface area contributed by atoms with E-state index in [0.29, 0.717) is 42.2 Å².